The van der Waals surface area contributed by atoms with Crippen molar-refractivity contribution in [3.8, 4) is 6.01 Å². The standard InChI is InChI=1S/C20H20ClN7O5/c21-12-5-13-19(25-20(23-13)33-15-9-31-16-14(29)8-30-17(15)16)24-18(12)22-6-10-1-3-28(26-10)7-11-2-4-32-27-11/h1-5,14-17,29H,6-9H2,(H2,22,23,24,25)/t14-,15-,16-,17-/m1/s1. The number of hydrogen-bond acceptors (Lipinski definition) is 10. The number of ether oxygens (including phenoxy) is 3. The third kappa shape index (κ3) is 4.02. The Bertz CT molecular complexity index is 1260. The number of aromatic amines is 1. The second-order valence-electron chi connectivity index (χ2n) is 7.90. The molecule has 0 spiro atoms. The third-order valence-corrected chi connectivity index (χ3v) is 5.89. The zero-order valence-corrected chi connectivity index (χ0v) is 18.0. The van der Waals surface area contributed by atoms with Gasteiger partial charge < -0.3 is 34.1 Å². The SMILES string of the molecule is O[C@@H]1CO[C@H]2[C@@H]1OC[C@H]2Oc1nc2nc(NCc3ccn(Cc4ccon4)n3)c(Cl)cc2[nH]1. The molecule has 0 unspecified atom stereocenters. The van der Waals surface area contributed by atoms with E-state index in [1.807, 2.05) is 12.3 Å². The van der Waals surface area contributed by atoms with Crippen LogP contribution in [-0.2, 0) is 22.6 Å². The molecule has 0 saturated carbocycles. The van der Waals surface area contributed by atoms with Gasteiger partial charge in [0.2, 0.25) is 0 Å². The van der Waals surface area contributed by atoms with Gasteiger partial charge >= 0.3 is 0 Å². The van der Waals surface area contributed by atoms with Crippen molar-refractivity contribution in [1.29, 1.82) is 0 Å². The van der Waals surface area contributed by atoms with Crippen molar-refractivity contribution >= 4 is 28.6 Å². The van der Waals surface area contributed by atoms with Crippen LogP contribution in [0.15, 0.2) is 35.2 Å². The highest BCUT2D eigenvalue weighted by molar-refractivity contribution is 6.33. The van der Waals surface area contributed by atoms with E-state index in [1.54, 1.807) is 16.8 Å². The van der Waals surface area contributed by atoms with Gasteiger partial charge in [0.15, 0.2) is 11.8 Å². The number of aromatic nitrogens is 6. The van der Waals surface area contributed by atoms with E-state index in [9.17, 15) is 5.11 Å². The molecule has 4 aromatic rings. The Morgan fingerprint density at radius 2 is 2.12 bits per heavy atom. The lowest BCUT2D eigenvalue weighted by atomic mass is 10.1. The van der Waals surface area contributed by atoms with Crippen molar-refractivity contribution in [2.75, 3.05) is 18.5 Å². The lowest BCUT2D eigenvalue weighted by Gasteiger charge is -2.15. The molecule has 2 aliphatic rings. The molecule has 2 aliphatic heterocycles. The Balaban J connectivity index is 1.12. The first-order valence-corrected chi connectivity index (χ1v) is 10.8. The van der Waals surface area contributed by atoms with E-state index >= 15 is 0 Å². The highest BCUT2D eigenvalue weighted by Crippen LogP contribution is 2.30. The van der Waals surface area contributed by atoms with Crippen LogP contribution in [0.25, 0.3) is 11.2 Å². The Labute approximate surface area is 191 Å². The molecule has 172 valence electrons. The molecule has 0 radical (unpaired) electrons. The summed E-state index contributed by atoms with van der Waals surface area (Å²) in [6.45, 7) is 1.50. The third-order valence-electron chi connectivity index (χ3n) is 5.60. The molecular formula is C20H20ClN7O5. The Kier molecular flexibility index (Phi) is 5.14. The number of fused-ring (bicyclic) bond motifs is 2. The normalized spacial score (nSPS) is 24.4. The van der Waals surface area contributed by atoms with Crippen molar-refractivity contribution in [3.05, 3.63) is 47.1 Å². The largest absolute Gasteiger partial charge is 0.456 e. The molecular weight excluding hydrogens is 454 g/mol. The molecule has 2 saturated heterocycles. The monoisotopic (exact) mass is 473 g/mol. The van der Waals surface area contributed by atoms with Crippen LogP contribution in [0.4, 0.5) is 5.82 Å². The van der Waals surface area contributed by atoms with Crippen LogP contribution >= 0.6 is 11.6 Å². The van der Waals surface area contributed by atoms with Crippen LogP contribution in [-0.4, -0.2) is 72.6 Å². The van der Waals surface area contributed by atoms with Gasteiger partial charge in [-0.25, -0.2) is 4.98 Å². The van der Waals surface area contributed by atoms with Gasteiger partial charge in [0, 0.05) is 12.3 Å². The minimum Gasteiger partial charge on any atom is -0.456 e. The maximum absolute atomic E-state index is 9.88. The van der Waals surface area contributed by atoms with Crippen LogP contribution in [0.2, 0.25) is 5.02 Å². The van der Waals surface area contributed by atoms with Crippen LogP contribution < -0.4 is 10.1 Å². The zero-order chi connectivity index (χ0) is 22.4. The van der Waals surface area contributed by atoms with E-state index in [-0.39, 0.29) is 30.9 Å². The summed E-state index contributed by atoms with van der Waals surface area (Å²) >= 11 is 6.41. The molecule has 2 fully saturated rings. The molecule has 3 N–H and O–H groups in total. The average Bonchev–Trinajstić information content (AvgIpc) is 3.60. The average molecular weight is 474 g/mol. The number of halogens is 1. The Morgan fingerprint density at radius 3 is 3.00 bits per heavy atom. The number of nitrogens with one attached hydrogen (secondary N) is 2. The molecule has 0 aliphatic carbocycles. The van der Waals surface area contributed by atoms with Crippen molar-refractivity contribution in [3.63, 3.8) is 0 Å². The first-order valence-electron chi connectivity index (χ1n) is 10.4. The summed E-state index contributed by atoms with van der Waals surface area (Å²) in [7, 11) is 0. The maximum Gasteiger partial charge on any atom is 0.296 e. The number of aliphatic hydroxyl groups excluding tert-OH is 1. The molecule has 0 bridgehead atoms. The van der Waals surface area contributed by atoms with E-state index in [0.717, 1.165) is 11.4 Å². The van der Waals surface area contributed by atoms with E-state index in [2.05, 4.69) is 30.5 Å². The second kappa shape index (κ2) is 8.30. The number of hydrogen-bond donors (Lipinski definition) is 3. The van der Waals surface area contributed by atoms with E-state index < -0.39 is 6.10 Å². The van der Waals surface area contributed by atoms with Gasteiger partial charge in [0.05, 0.1) is 42.5 Å². The molecule has 0 aromatic carbocycles. The molecule has 6 rings (SSSR count). The van der Waals surface area contributed by atoms with Crippen LogP contribution in [0.3, 0.4) is 0 Å². The zero-order valence-electron chi connectivity index (χ0n) is 17.2. The summed E-state index contributed by atoms with van der Waals surface area (Å²) in [4.78, 5) is 12.0. The van der Waals surface area contributed by atoms with Gasteiger partial charge in [-0.2, -0.15) is 10.1 Å². The summed E-state index contributed by atoms with van der Waals surface area (Å²) in [5.41, 5.74) is 2.70. The number of pyridine rings is 1. The minimum atomic E-state index is -0.637. The van der Waals surface area contributed by atoms with Crippen LogP contribution in [0.1, 0.15) is 11.4 Å². The molecule has 13 heteroatoms. The predicted molar refractivity (Wildman–Crippen MR) is 114 cm³/mol. The number of anilines is 1. The lowest BCUT2D eigenvalue weighted by molar-refractivity contribution is 0.00706. The fourth-order valence-corrected chi connectivity index (χ4v) is 4.23. The fourth-order valence-electron chi connectivity index (χ4n) is 4.01. The van der Waals surface area contributed by atoms with Gasteiger partial charge in [0.1, 0.15) is 36.1 Å². The minimum absolute atomic E-state index is 0.236. The molecule has 4 aromatic heterocycles. The van der Waals surface area contributed by atoms with Crippen molar-refractivity contribution in [2.45, 2.75) is 37.5 Å². The van der Waals surface area contributed by atoms with E-state index in [4.69, 9.17) is 30.3 Å². The van der Waals surface area contributed by atoms with Gasteiger partial charge in [0.25, 0.3) is 6.01 Å². The highest BCUT2D eigenvalue weighted by Gasteiger charge is 2.48. The quantitative estimate of drug-likeness (QED) is 0.359. The Hall–Kier alpha value is -3.19. The van der Waals surface area contributed by atoms with Crippen molar-refractivity contribution < 1.29 is 23.8 Å². The van der Waals surface area contributed by atoms with Gasteiger partial charge in [-0.15, -0.1) is 0 Å². The van der Waals surface area contributed by atoms with Gasteiger partial charge in [-0.1, -0.05) is 16.8 Å². The highest BCUT2D eigenvalue weighted by atomic mass is 35.5. The summed E-state index contributed by atoms with van der Waals surface area (Å²) in [5.74, 6) is 0.486. The smallest absolute Gasteiger partial charge is 0.296 e. The van der Waals surface area contributed by atoms with Crippen molar-refractivity contribution in [1.82, 2.24) is 29.9 Å². The topological polar surface area (TPSA) is 145 Å². The van der Waals surface area contributed by atoms with E-state index in [1.165, 1.54) is 6.26 Å². The summed E-state index contributed by atoms with van der Waals surface area (Å²) < 4.78 is 23.7. The van der Waals surface area contributed by atoms with Gasteiger partial charge in [-0.3, -0.25) is 4.68 Å². The first kappa shape index (κ1) is 20.4. The predicted octanol–water partition coefficient (Wildman–Crippen LogP) is 1.36. The number of imidazole rings is 1. The number of rotatable bonds is 7. The second-order valence-corrected chi connectivity index (χ2v) is 8.31. The lowest BCUT2D eigenvalue weighted by Crippen LogP contribution is -2.34. The molecule has 33 heavy (non-hydrogen) atoms. The maximum atomic E-state index is 9.88. The molecule has 12 nitrogen and oxygen atoms in total. The molecule has 4 atom stereocenters. The fraction of sp³-hybridized carbons (Fsp3) is 0.400. The van der Waals surface area contributed by atoms with Crippen molar-refractivity contribution in [2.24, 2.45) is 0 Å². The number of nitrogens with zero attached hydrogens (tertiary/aromatic N) is 5. The van der Waals surface area contributed by atoms with Crippen LogP contribution in [0, 0.1) is 0 Å². The van der Waals surface area contributed by atoms with Gasteiger partial charge in [-0.05, 0) is 12.1 Å². The summed E-state index contributed by atoms with van der Waals surface area (Å²) in [6, 6.07) is 5.72. The summed E-state index contributed by atoms with van der Waals surface area (Å²) in [6.07, 6.45) is 1.69. The van der Waals surface area contributed by atoms with E-state index in [0.29, 0.717) is 41.7 Å². The molecule has 0 amide bonds. The molecule has 6 heterocycles. The first-order chi connectivity index (χ1) is 16.1. The number of aliphatic hydroxyl groups is 1. The summed E-state index contributed by atoms with van der Waals surface area (Å²) in [5, 5.41) is 21.9. The van der Waals surface area contributed by atoms with Crippen LogP contribution in [0.5, 0.6) is 6.01 Å². The number of H-pyrrole nitrogens is 1. The Morgan fingerprint density at radius 1 is 1.21 bits per heavy atom.